The Morgan fingerprint density at radius 2 is 2.31 bits per heavy atom. The summed E-state index contributed by atoms with van der Waals surface area (Å²) >= 11 is 3.30. The van der Waals surface area contributed by atoms with Gasteiger partial charge in [0.05, 0.1) is 5.52 Å². The lowest BCUT2D eigenvalue weighted by atomic mass is 10.4. The molecule has 13 heavy (non-hydrogen) atoms. The quantitative estimate of drug-likeness (QED) is 0.583. The van der Waals surface area contributed by atoms with E-state index in [0.717, 1.165) is 5.52 Å². The van der Waals surface area contributed by atoms with Crippen molar-refractivity contribution in [3.63, 3.8) is 0 Å². The van der Waals surface area contributed by atoms with Crippen LogP contribution in [0.3, 0.4) is 0 Å². The highest BCUT2D eigenvalue weighted by Crippen LogP contribution is 2.17. The molecule has 0 aliphatic heterocycles. The summed E-state index contributed by atoms with van der Waals surface area (Å²) in [6.07, 6.45) is 1.82. The number of hydrogen-bond acceptors (Lipinski definition) is 2. The van der Waals surface area contributed by atoms with Crippen molar-refractivity contribution in [2.45, 2.75) is 0 Å². The van der Waals surface area contributed by atoms with Crippen LogP contribution in [0.25, 0.3) is 5.52 Å². The van der Waals surface area contributed by atoms with Gasteiger partial charge in [0, 0.05) is 6.20 Å². The van der Waals surface area contributed by atoms with Crippen LogP contribution in [0.2, 0.25) is 0 Å². The number of halogens is 1. The average molecular weight is 239 g/mol. The highest BCUT2D eigenvalue weighted by molar-refractivity contribution is 9.10. The van der Waals surface area contributed by atoms with Crippen LogP contribution in [0.1, 0.15) is 5.82 Å². The largest absolute Gasteiger partial charge is 0.381 e. The Kier molecular flexibility index (Phi) is 1.81. The number of fused-ring (bicyclic) bond motifs is 1. The minimum Gasteiger partial charge on any atom is -0.381 e. The van der Waals surface area contributed by atoms with Crippen LogP contribution in [0.5, 0.6) is 0 Å². The van der Waals surface area contributed by atoms with Gasteiger partial charge < -0.3 is 5.73 Å². The highest BCUT2D eigenvalue weighted by atomic mass is 79.9. The molecule has 0 aliphatic carbocycles. The molecule has 2 aromatic rings. The molecule has 0 fully saturated rings. The first-order valence-electron chi connectivity index (χ1n) is 3.67. The van der Waals surface area contributed by atoms with Crippen molar-refractivity contribution in [1.29, 1.82) is 5.41 Å². The zero-order valence-corrected chi connectivity index (χ0v) is 8.25. The number of pyridine rings is 1. The van der Waals surface area contributed by atoms with Gasteiger partial charge in [0.1, 0.15) is 4.60 Å². The van der Waals surface area contributed by atoms with Crippen LogP contribution in [0, 0.1) is 5.41 Å². The number of rotatable bonds is 1. The molecule has 3 N–H and O–H groups in total. The SMILES string of the molecule is N=C(N)c1nc(Br)c2ccccn12. The maximum Gasteiger partial charge on any atom is 0.180 e. The molecular weight excluding hydrogens is 232 g/mol. The van der Waals surface area contributed by atoms with Crippen molar-refractivity contribution < 1.29 is 0 Å². The van der Waals surface area contributed by atoms with Gasteiger partial charge in [0.15, 0.2) is 11.7 Å². The molecule has 0 radical (unpaired) electrons. The molecule has 5 heteroatoms. The van der Waals surface area contributed by atoms with Gasteiger partial charge in [-0.1, -0.05) is 6.07 Å². The van der Waals surface area contributed by atoms with Gasteiger partial charge in [-0.15, -0.1) is 0 Å². The zero-order valence-electron chi connectivity index (χ0n) is 6.66. The lowest BCUT2D eigenvalue weighted by Gasteiger charge is -1.96. The topological polar surface area (TPSA) is 67.2 Å². The smallest absolute Gasteiger partial charge is 0.180 e. The Morgan fingerprint density at radius 3 is 3.00 bits per heavy atom. The van der Waals surface area contributed by atoms with Gasteiger partial charge >= 0.3 is 0 Å². The van der Waals surface area contributed by atoms with Crippen molar-refractivity contribution in [3.8, 4) is 0 Å². The van der Waals surface area contributed by atoms with Gasteiger partial charge in [0.25, 0.3) is 0 Å². The molecule has 2 rings (SSSR count). The van der Waals surface area contributed by atoms with Crippen molar-refractivity contribution in [2.24, 2.45) is 5.73 Å². The summed E-state index contributed by atoms with van der Waals surface area (Å²) in [5.41, 5.74) is 6.28. The van der Waals surface area contributed by atoms with Crippen molar-refractivity contribution in [2.75, 3.05) is 0 Å². The van der Waals surface area contributed by atoms with E-state index in [2.05, 4.69) is 20.9 Å². The molecule has 0 unspecified atom stereocenters. The summed E-state index contributed by atoms with van der Waals surface area (Å²) in [5, 5.41) is 7.30. The van der Waals surface area contributed by atoms with E-state index in [0.29, 0.717) is 10.4 Å². The summed E-state index contributed by atoms with van der Waals surface area (Å²) < 4.78 is 2.48. The van der Waals surface area contributed by atoms with E-state index in [1.807, 2.05) is 24.4 Å². The van der Waals surface area contributed by atoms with Gasteiger partial charge in [0.2, 0.25) is 0 Å². The van der Waals surface area contributed by atoms with Crippen molar-refractivity contribution in [3.05, 3.63) is 34.8 Å². The molecular formula is C8H7BrN4. The summed E-state index contributed by atoms with van der Waals surface area (Å²) in [4.78, 5) is 4.12. The zero-order chi connectivity index (χ0) is 9.42. The van der Waals surface area contributed by atoms with Gasteiger partial charge in [-0.3, -0.25) is 9.81 Å². The van der Waals surface area contributed by atoms with E-state index in [4.69, 9.17) is 11.1 Å². The van der Waals surface area contributed by atoms with Crippen LogP contribution in [-0.4, -0.2) is 15.2 Å². The average Bonchev–Trinajstić information content (AvgIpc) is 2.45. The Morgan fingerprint density at radius 1 is 1.54 bits per heavy atom. The Hall–Kier alpha value is -1.36. The normalized spacial score (nSPS) is 10.5. The first-order valence-corrected chi connectivity index (χ1v) is 4.46. The third kappa shape index (κ3) is 1.21. The van der Waals surface area contributed by atoms with E-state index in [9.17, 15) is 0 Å². The number of aromatic nitrogens is 2. The fourth-order valence-corrected chi connectivity index (χ4v) is 1.68. The highest BCUT2D eigenvalue weighted by Gasteiger charge is 2.09. The second-order valence-electron chi connectivity index (χ2n) is 2.60. The molecule has 2 heterocycles. The number of hydrogen-bond donors (Lipinski definition) is 2. The lowest BCUT2D eigenvalue weighted by molar-refractivity contribution is 1.10. The number of nitrogen functional groups attached to an aromatic ring is 1. The molecule has 0 spiro atoms. The second-order valence-corrected chi connectivity index (χ2v) is 3.35. The predicted molar refractivity (Wildman–Crippen MR) is 53.9 cm³/mol. The van der Waals surface area contributed by atoms with Crippen LogP contribution in [-0.2, 0) is 0 Å². The van der Waals surface area contributed by atoms with Crippen LogP contribution in [0.4, 0.5) is 0 Å². The van der Waals surface area contributed by atoms with Crippen LogP contribution in [0.15, 0.2) is 29.0 Å². The first kappa shape index (κ1) is 8.25. The maximum absolute atomic E-state index is 7.30. The Balaban J connectivity index is 2.85. The minimum absolute atomic E-state index is 0.0353. The monoisotopic (exact) mass is 238 g/mol. The molecule has 0 amide bonds. The van der Waals surface area contributed by atoms with Gasteiger partial charge in [-0.05, 0) is 28.1 Å². The third-order valence-corrected chi connectivity index (χ3v) is 2.33. The Labute approximate surface area is 83.0 Å². The van der Waals surface area contributed by atoms with E-state index in [1.54, 1.807) is 4.40 Å². The van der Waals surface area contributed by atoms with Gasteiger partial charge in [-0.2, -0.15) is 0 Å². The van der Waals surface area contributed by atoms with E-state index in [1.165, 1.54) is 0 Å². The molecule has 0 atom stereocenters. The molecule has 0 aliphatic rings. The Bertz CT molecular complexity index is 474. The lowest BCUT2D eigenvalue weighted by Crippen LogP contribution is -2.15. The molecule has 2 aromatic heterocycles. The summed E-state index contributed by atoms with van der Waals surface area (Å²) in [5.74, 6) is 0.425. The van der Waals surface area contributed by atoms with Gasteiger partial charge in [-0.25, -0.2) is 4.98 Å². The standard InChI is InChI=1S/C8H7BrN4/c9-6-5-3-1-2-4-13(5)8(12-6)7(10)11/h1-4H,(H3,10,11). The fourth-order valence-electron chi connectivity index (χ4n) is 1.19. The molecule has 66 valence electrons. The number of amidine groups is 1. The number of imidazole rings is 1. The number of nitrogens with one attached hydrogen (secondary N) is 1. The fraction of sp³-hybridized carbons (Fsp3) is 0. The van der Waals surface area contributed by atoms with E-state index < -0.39 is 0 Å². The molecule has 0 saturated carbocycles. The second kappa shape index (κ2) is 2.85. The first-order chi connectivity index (χ1) is 6.20. The van der Waals surface area contributed by atoms with E-state index >= 15 is 0 Å². The third-order valence-electron chi connectivity index (χ3n) is 1.74. The minimum atomic E-state index is -0.0353. The molecule has 0 saturated heterocycles. The van der Waals surface area contributed by atoms with Crippen LogP contribution < -0.4 is 5.73 Å². The summed E-state index contributed by atoms with van der Waals surface area (Å²) in [6.45, 7) is 0. The maximum atomic E-state index is 7.30. The molecule has 0 bridgehead atoms. The number of nitrogens with zero attached hydrogens (tertiary/aromatic N) is 2. The number of nitrogens with two attached hydrogens (primary N) is 1. The molecule has 4 nitrogen and oxygen atoms in total. The van der Waals surface area contributed by atoms with Crippen molar-refractivity contribution in [1.82, 2.24) is 9.38 Å². The molecule has 0 aromatic carbocycles. The van der Waals surface area contributed by atoms with Crippen molar-refractivity contribution >= 4 is 27.3 Å². The van der Waals surface area contributed by atoms with E-state index in [-0.39, 0.29) is 5.84 Å². The predicted octanol–water partition coefficient (Wildman–Crippen LogP) is 1.38. The van der Waals surface area contributed by atoms with Crippen LogP contribution >= 0.6 is 15.9 Å². The summed E-state index contributed by atoms with van der Waals surface area (Å²) in [6, 6.07) is 5.68. The summed E-state index contributed by atoms with van der Waals surface area (Å²) in [7, 11) is 0.